The highest BCUT2D eigenvalue weighted by atomic mass is 79.9. The van der Waals surface area contributed by atoms with Gasteiger partial charge in [-0.15, -0.1) is 6.58 Å². The van der Waals surface area contributed by atoms with Crippen molar-refractivity contribution < 1.29 is 25.3 Å². The van der Waals surface area contributed by atoms with E-state index in [4.69, 9.17) is 50.2 Å². The first-order valence-corrected chi connectivity index (χ1v) is 18.4. The van der Waals surface area contributed by atoms with Gasteiger partial charge in [0.05, 0.1) is 15.1 Å². The molecule has 16 heteroatoms. The maximum absolute atomic E-state index is 11.0. The molecule has 0 aromatic heterocycles. The third-order valence-electron chi connectivity index (χ3n) is 4.66. The molecule has 0 aliphatic rings. The lowest BCUT2D eigenvalue weighted by Crippen LogP contribution is -2.12. The number of hydrogen-bond acceptors (Lipinski definition) is 6. The summed E-state index contributed by atoms with van der Waals surface area (Å²) >= 11 is 20.3. The second-order valence-corrected chi connectivity index (χ2v) is 16.0. The molecule has 0 fully saturated rings. The molecule has 0 spiro atoms. The summed E-state index contributed by atoms with van der Waals surface area (Å²) in [6.07, 6.45) is 0. The van der Waals surface area contributed by atoms with Crippen molar-refractivity contribution in [1.29, 1.82) is 0 Å². The molecule has 0 heterocycles. The molecule has 242 valence electrons. The summed E-state index contributed by atoms with van der Waals surface area (Å²) in [5.41, 5.74) is 4.38. The lowest BCUT2D eigenvalue weighted by Gasteiger charge is -2.04. The van der Waals surface area contributed by atoms with Gasteiger partial charge in [0.2, 0.25) is 30.1 Å². The lowest BCUT2D eigenvalue weighted by atomic mass is 10.1. The predicted octanol–water partition coefficient (Wildman–Crippen LogP) is 7.37. The molecule has 3 rings (SSSR count). The van der Waals surface area contributed by atoms with E-state index in [2.05, 4.69) is 35.7 Å². The first-order chi connectivity index (χ1) is 19.8. The summed E-state index contributed by atoms with van der Waals surface area (Å²) in [6.45, 7) is 18.6. The molecule has 3 aromatic rings. The smallest absolute Gasteiger partial charge is 0.225 e. The van der Waals surface area contributed by atoms with Crippen LogP contribution in [0.4, 0.5) is 0 Å². The summed E-state index contributed by atoms with van der Waals surface area (Å²) in [4.78, 5) is -0.194. The summed E-state index contributed by atoms with van der Waals surface area (Å²) in [6, 6.07) is 13.4. The van der Waals surface area contributed by atoms with E-state index in [1.807, 2.05) is 27.7 Å². The highest BCUT2D eigenvalue weighted by Crippen LogP contribution is 2.26. The van der Waals surface area contributed by atoms with E-state index in [0.717, 1.165) is 22.3 Å². The normalized spacial score (nSPS) is 11.0. The van der Waals surface area contributed by atoms with E-state index < -0.39 is 30.1 Å². The van der Waals surface area contributed by atoms with Gasteiger partial charge in [0.1, 0.15) is 14.7 Å². The molecule has 44 heavy (non-hydrogen) atoms. The topological polar surface area (TPSA) is 180 Å². The average Bonchev–Trinajstić information content (AvgIpc) is 2.81. The summed E-state index contributed by atoms with van der Waals surface area (Å²) in [7, 11) is -11.2. The minimum atomic E-state index is -3.74. The molecule has 3 aromatic carbocycles. The Hall–Kier alpha value is -2.04. The van der Waals surface area contributed by atoms with Crippen LogP contribution in [0.1, 0.15) is 38.8 Å². The molecular weight excluding hydrogens is 757 g/mol. The fraction of sp³-hybridized carbons (Fsp3) is 0.143. The zero-order valence-corrected chi connectivity index (χ0v) is 30.5. The van der Waals surface area contributed by atoms with E-state index in [1.54, 1.807) is 18.2 Å². The van der Waals surface area contributed by atoms with Gasteiger partial charge < -0.3 is 0 Å². The number of benzene rings is 3. The standard InChI is InChI=1S/2C9H10ClNO2S.C6H5BrClNO2S.C4H8/c2*1-6(2)7-3-4-9(8(10)5-7)14(11,12)13;7-4-1-2-6(5(8)3-4)12(9,10)11;1-4(2)3/h2*3-5H,1H2,2H3,(H2,11,12,13);1-3H,(H2,9,10,11);1H2,2-3H3. The Balaban J connectivity index is 0.000000595. The van der Waals surface area contributed by atoms with Crippen LogP contribution in [0.15, 0.2) is 99.1 Å². The van der Waals surface area contributed by atoms with E-state index in [0.29, 0.717) is 4.47 Å². The molecule has 0 aliphatic carbocycles. The second-order valence-electron chi connectivity index (χ2n) is 9.27. The zero-order chi connectivity index (χ0) is 34.8. The Bertz CT molecular complexity index is 1790. The maximum atomic E-state index is 11.0. The summed E-state index contributed by atoms with van der Waals surface area (Å²) < 4.78 is 66.4. The highest BCUT2D eigenvalue weighted by molar-refractivity contribution is 9.10. The van der Waals surface area contributed by atoms with Gasteiger partial charge in [0.25, 0.3) is 0 Å². The van der Waals surface area contributed by atoms with Gasteiger partial charge in [-0.1, -0.05) is 92.7 Å². The van der Waals surface area contributed by atoms with Gasteiger partial charge in [-0.25, -0.2) is 40.7 Å². The van der Waals surface area contributed by atoms with E-state index in [-0.39, 0.29) is 29.8 Å². The van der Waals surface area contributed by atoms with Gasteiger partial charge in [-0.3, -0.25) is 0 Å². The SMILES string of the molecule is C=C(C)C.C=C(C)c1ccc(S(N)(=O)=O)c(Cl)c1.C=C(C)c1ccc(S(N)(=O)=O)c(Cl)c1.NS(=O)(=O)c1ccc(Br)cc1Cl. The second kappa shape index (κ2) is 17.6. The van der Waals surface area contributed by atoms with Gasteiger partial charge in [-0.2, -0.15) is 0 Å². The largest absolute Gasteiger partial charge is 0.239 e. The van der Waals surface area contributed by atoms with Crippen molar-refractivity contribution in [3.05, 3.63) is 111 Å². The van der Waals surface area contributed by atoms with Crippen molar-refractivity contribution in [1.82, 2.24) is 0 Å². The van der Waals surface area contributed by atoms with Crippen LogP contribution in [0.5, 0.6) is 0 Å². The molecule has 0 aliphatic heterocycles. The van der Waals surface area contributed by atoms with E-state index in [1.165, 1.54) is 42.0 Å². The van der Waals surface area contributed by atoms with Gasteiger partial charge in [-0.05, 0) is 81.3 Å². The van der Waals surface area contributed by atoms with Crippen LogP contribution in [0.3, 0.4) is 0 Å². The third kappa shape index (κ3) is 15.3. The van der Waals surface area contributed by atoms with Crippen LogP contribution in [0.2, 0.25) is 15.1 Å². The first-order valence-electron chi connectivity index (χ1n) is 11.9. The molecular formula is C28H33BrCl3N3O6S3. The Kier molecular flexibility index (Phi) is 16.8. The van der Waals surface area contributed by atoms with Gasteiger partial charge in [0.15, 0.2) is 0 Å². The lowest BCUT2D eigenvalue weighted by molar-refractivity contribution is 0.596. The van der Waals surface area contributed by atoms with Crippen LogP contribution in [-0.4, -0.2) is 25.3 Å². The fourth-order valence-corrected chi connectivity index (χ4v) is 6.47. The molecule has 6 N–H and O–H groups in total. The number of rotatable bonds is 5. The van der Waals surface area contributed by atoms with Crippen molar-refractivity contribution >= 4 is 91.9 Å². The molecule has 0 amide bonds. The molecule has 0 saturated carbocycles. The number of hydrogen-bond donors (Lipinski definition) is 3. The van der Waals surface area contributed by atoms with Crippen molar-refractivity contribution in [2.45, 2.75) is 42.4 Å². The van der Waals surface area contributed by atoms with Gasteiger partial charge in [0, 0.05) is 4.47 Å². The van der Waals surface area contributed by atoms with Crippen molar-refractivity contribution in [3.63, 3.8) is 0 Å². The number of halogens is 4. The fourth-order valence-electron chi connectivity index (χ4n) is 2.70. The van der Waals surface area contributed by atoms with E-state index in [9.17, 15) is 25.3 Å². The summed E-state index contributed by atoms with van der Waals surface area (Å²) in [5, 5.41) is 15.1. The van der Waals surface area contributed by atoms with Crippen LogP contribution < -0.4 is 15.4 Å². The minimum absolute atomic E-state index is 0.0626. The average molecular weight is 790 g/mol. The Morgan fingerprint density at radius 1 is 0.568 bits per heavy atom. The van der Waals surface area contributed by atoms with Crippen LogP contribution in [0.25, 0.3) is 11.1 Å². The highest BCUT2D eigenvalue weighted by Gasteiger charge is 2.14. The van der Waals surface area contributed by atoms with Crippen molar-refractivity contribution in [3.8, 4) is 0 Å². The molecule has 0 radical (unpaired) electrons. The summed E-state index contributed by atoms with van der Waals surface area (Å²) in [5.74, 6) is 0. The Morgan fingerprint density at radius 3 is 1.02 bits per heavy atom. The number of nitrogens with two attached hydrogens (primary N) is 3. The minimum Gasteiger partial charge on any atom is -0.225 e. The van der Waals surface area contributed by atoms with Crippen LogP contribution in [-0.2, 0) is 30.1 Å². The van der Waals surface area contributed by atoms with Crippen molar-refractivity contribution in [2.24, 2.45) is 15.4 Å². The van der Waals surface area contributed by atoms with Gasteiger partial charge >= 0.3 is 0 Å². The number of allylic oxidation sites excluding steroid dienone is 3. The zero-order valence-electron chi connectivity index (χ0n) is 24.2. The van der Waals surface area contributed by atoms with Crippen molar-refractivity contribution in [2.75, 3.05) is 0 Å². The number of primary sulfonamides is 3. The molecule has 0 unspecified atom stereocenters. The van der Waals surface area contributed by atoms with Crippen LogP contribution >= 0.6 is 50.7 Å². The predicted molar refractivity (Wildman–Crippen MR) is 186 cm³/mol. The van der Waals surface area contributed by atoms with E-state index >= 15 is 0 Å². The maximum Gasteiger partial charge on any atom is 0.239 e. The number of sulfonamides is 3. The third-order valence-corrected chi connectivity index (χ3v) is 9.34. The molecule has 0 atom stereocenters. The monoisotopic (exact) mass is 787 g/mol. The Morgan fingerprint density at radius 2 is 0.818 bits per heavy atom. The molecule has 0 bridgehead atoms. The quantitative estimate of drug-likeness (QED) is 0.227. The Labute approximate surface area is 283 Å². The molecule has 0 saturated heterocycles. The molecule has 9 nitrogen and oxygen atoms in total. The van der Waals surface area contributed by atoms with Crippen LogP contribution in [0, 0.1) is 0 Å². The first kappa shape index (κ1) is 42.0.